The first kappa shape index (κ1) is 18.5. The molecule has 0 amide bonds. The third kappa shape index (κ3) is 5.96. The summed E-state index contributed by atoms with van der Waals surface area (Å²) in [6, 6.07) is 11.6. The zero-order valence-electron chi connectivity index (χ0n) is 12.9. The highest BCUT2D eigenvalue weighted by Gasteiger charge is 2.31. The molecule has 0 saturated heterocycles. The molecule has 0 aliphatic carbocycles. The Labute approximate surface area is 146 Å². The largest absolute Gasteiger partial charge is 0.573 e. The van der Waals surface area contributed by atoms with E-state index in [0.29, 0.717) is 16.9 Å². The molecule has 0 saturated carbocycles. The molecule has 0 heterocycles. The van der Waals surface area contributed by atoms with Crippen LogP contribution in [0.15, 0.2) is 48.5 Å². The van der Waals surface area contributed by atoms with Crippen molar-refractivity contribution in [2.75, 3.05) is 17.7 Å². The predicted octanol–water partition coefficient (Wildman–Crippen LogP) is 4.18. The Morgan fingerprint density at radius 3 is 2.28 bits per heavy atom. The molecule has 2 aromatic carbocycles. The molecule has 0 aliphatic rings. The molecule has 0 unspecified atom stereocenters. The minimum atomic E-state index is -4.77. The number of halogens is 3. The second-order valence-corrected chi connectivity index (χ2v) is 5.13. The lowest BCUT2D eigenvalue weighted by Crippen LogP contribution is -2.20. The van der Waals surface area contributed by atoms with Crippen molar-refractivity contribution >= 4 is 34.7 Å². The number of hydrogen-bond donors (Lipinski definition) is 2. The summed E-state index contributed by atoms with van der Waals surface area (Å²) in [7, 11) is 1.28. The fourth-order valence-electron chi connectivity index (χ4n) is 1.87. The average Bonchev–Trinajstić information content (AvgIpc) is 2.53. The Kier molecular flexibility index (Phi) is 5.81. The number of thiocarbonyl (C=S) groups is 1. The van der Waals surface area contributed by atoms with Crippen molar-refractivity contribution < 1.29 is 27.4 Å². The van der Waals surface area contributed by atoms with E-state index in [4.69, 9.17) is 12.2 Å². The summed E-state index contributed by atoms with van der Waals surface area (Å²) in [6.07, 6.45) is -4.77. The van der Waals surface area contributed by atoms with E-state index in [2.05, 4.69) is 20.1 Å². The Hall–Kier alpha value is -2.81. The third-order valence-electron chi connectivity index (χ3n) is 2.89. The number of esters is 1. The highest BCUT2D eigenvalue weighted by molar-refractivity contribution is 7.80. The number of alkyl halides is 3. The van der Waals surface area contributed by atoms with Gasteiger partial charge in [0.05, 0.1) is 12.7 Å². The number of anilines is 2. The highest BCUT2D eigenvalue weighted by atomic mass is 32.1. The zero-order chi connectivity index (χ0) is 18.4. The molecule has 0 aliphatic heterocycles. The monoisotopic (exact) mass is 370 g/mol. The maximum absolute atomic E-state index is 12.2. The van der Waals surface area contributed by atoms with Gasteiger partial charge >= 0.3 is 12.3 Å². The molecule has 25 heavy (non-hydrogen) atoms. The van der Waals surface area contributed by atoms with Gasteiger partial charge in [-0.3, -0.25) is 0 Å². The molecule has 0 aromatic heterocycles. The first-order valence-corrected chi connectivity index (χ1v) is 7.30. The fraction of sp³-hybridized carbons (Fsp3) is 0.125. The minimum Gasteiger partial charge on any atom is -0.465 e. The molecular formula is C16H13F3N2O3S. The number of carbonyl (C=O) groups is 1. The normalized spacial score (nSPS) is 10.7. The van der Waals surface area contributed by atoms with Crippen molar-refractivity contribution in [3.8, 4) is 5.75 Å². The summed E-state index contributed by atoms with van der Waals surface area (Å²) >= 11 is 5.10. The quantitative estimate of drug-likeness (QED) is 0.622. The van der Waals surface area contributed by atoms with Crippen LogP contribution < -0.4 is 15.4 Å². The van der Waals surface area contributed by atoms with Crippen LogP contribution in [0.4, 0.5) is 24.5 Å². The Morgan fingerprint density at radius 2 is 1.68 bits per heavy atom. The van der Waals surface area contributed by atoms with Crippen molar-refractivity contribution in [1.29, 1.82) is 0 Å². The second-order valence-electron chi connectivity index (χ2n) is 4.72. The summed E-state index contributed by atoms with van der Waals surface area (Å²) < 4.78 is 45.1. The number of nitrogens with one attached hydrogen (secondary N) is 2. The average molecular weight is 370 g/mol. The van der Waals surface area contributed by atoms with Crippen LogP contribution in [0.25, 0.3) is 0 Å². The van der Waals surface area contributed by atoms with E-state index in [9.17, 15) is 18.0 Å². The van der Waals surface area contributed by atoms with Gasteiger partial charge in [-0.25, -0.2) is 4.79 Å². The van der Waals surface area contributed by atoms with Gasteiger partial charge in [-0.15, -0.1) is 13.2 Å². The van der Waals surface area contributed by atoms with Gasteiger partial charge in [-0.05, 0) is 48.6 Å². The number of hydrogen-bond acceptors (Lipinski definition) is 4. The lowest BCUT2D eigenvalue weighted by Gasteiger charge is -2.13. The smallest absolute Gasteiger partial charge is 0.465 e. The molecule has 2 aromatic rings. The molecule has 0 bridgehead atoms. The number of benzene rings is 2. The number of methoxy groups -OCH3 is 1. The number of ether oxygens (including phenoxy) is 2. The molecule has 132 valence electrons. The van der Waals surface area contributed by atoms with E-state index in [1.54, 1.807) is 24.3 Å². The third-order valence-corrected chi connectivity index (χ3v) is 3.09. The van der Waals surface area contributed by atoms with Gasteiger partial charge in [-0.1, -0.05) is 6.07 Å². The van der Waals surface area contributed by atoms with Gasteiger partial charge in [-0.2, -0.15) is 0 Å². The molecule has 0 radical (unpaired) electrons. The molecule has 2 rings (SSSR count). The lowest BCUT2D eigenvalue weighted by molar-refractivity contribution is -0.274. The topological polar surface area (TPSA) is 59.6 Å². The van der Waals surface area contributed by atoms with E-state index < -0.39 is 12.3 Å². The van der Waals surface area contributed by atoms with E-state index in [0.717, 1.165) is 0 Å². The van der Waals surface area contributed by atoms with Crippen LogP contribution in [0, 0.1) is 0 Å². The molecule has 5 nitrogen and oxygen atoms in total. The standard InChI is InChI=1S/C16H13F3N2O3S/c1-23-14(22)10-5-7-11(8-6-10)20-15(25)21-12-3-2-4-13(9-12)24-16(17,18)19/h2-9H,1H3,(H2,20,21,25). The molecule has 9 heteroatoms. The second kappa shape index (κ2) is 7.84. The summed E-state index contributed by atoms with van der Waals surface area (Å²) in [4.78, 5) is 11.3. The molecule has 0 fully saturated rings. The molecule has 0 atom stereocenters. The highest BCUT2D eigenvalue weighted by Crippen LogP contribution is 2.25. The van der Waals surface area contributed by atoms with Crippen LogP contribution in [0.3, 0.4) is 0 Å². The van der Waals surface area contributed by atoms with Gasteiger partial charge in [0, 0.05) is 17.4 Å². The molecular weight excluding hydrogens is 357 g/mol. The number of rotatable bonds is 4. The predicted molar refractivity (Wildman–Crippen MR) is 90.7 cm³/mol. The Bertz CT molecular complexity index is 764. The van der Waals surface area contributed by atoms with Gasteiger partial charge in [0.25, 0.3) is 0 Å². The molecule has 2 N–H and O–H groups in total. The first-order valence-electron chi connectivity index (χ1n) is 6.89. The summed E-state index contributed by atoms with van der Waals surface area (Å²) in [5.74, 6) is -0.823. The van der Waals surface area contributed by atoms with E-state index >= 15 is 0 Å². The Balaban J connectivity index is 1.98. The SMILES string of the molecule is COC(=O)c1ccc(NC(=S)Nc2cccc(OC(F)(F)F)c2)cc1. The van der Waals surface area contributed by atoms with Crippen molar-refractivity contribution in [2.24, 2.45) is 0 Å². The first-order chi connectivity index (χ1) is 11.8. The van der Waals surface area contributed by atoms with Gasteiger partial charge in [0.15, 0.2) is 5.11 Å². The number of carbonyl (C=O) groups excluding carboxylic acids is 1. The Morgan fingerprint density at radius 1 is 1.04 bits per heavy atom. The van der Waals surface area contributed by atoms with Gasteiger partial charge in [0.1, 0.15) is 5.75 Å². The summed E-state index contributed by atoms with van der Waals surface area (Å²) in [5.41, 5.74) is 1.29. The van der Waals surface area contributed by atoms with E-state index in [1.807, 2.05) is 0 Å². The van der Waals surface area contributed by atoms with Gasteiger partial charge in [0.2, 0.25) is 0 Å². The fourth-order valence-corrected chi connectivity index (χ4v) is 2.11. The zero-order valence-corrected chi connectivity index (χ0v) is 13.7. The van der Waals surface area contributed by atoms with Crippen LogP contribution in [0.5, 0.6) is 5.75 Å². The van der Waals surface area contributed by atoms with Crippen LogP contribution in [0.1, 0.15) is 10.4 Å². The van der Waals surface area contributed by atoms with Gasteiger partial charge < -0.3 is 20.1 Å². The van der Waals surface area contributed by atoms with Crippen molar-refractivity contribution in [1.82, 2.24) is 0 Å². The van der Waals surface area contributed by atoms with E-state index in [-0.39, 0.29) is 10.9 Å². The van der Waals surface area contributed by atoms with Crippen molar-refractivity contribution in [3.05, 3.63) is 54.1 Å². The minimum absolute atomic E-state index is 0.162. The van der Waals surface area contributed by atoms with Crippen LogP contribution in [0.2, 0.25) is 0 Å². The summed E-state index contributed by atoms with van der Waals surface area (Å²) in [6.45, 7) is 0. The van der Waals surface area contributed by atoms with Crippen LogP contribution in [-0.2, 0) is 4.74 Å². The molecule has 0 spiro atoms. The van der Waals surface area contributed by atoms with Crippen molar-refractivity contribution in [3.63, 3.8) is 0 Å². The van der Waals surface area contributed by atoms with Crippen LogP contribution >= 0.6 is 12.2 Å². The van der Waals surface area contributed by atoms with Crippen molar-refractivity contribution in [2.45, 2.75) is 6.36 Å². The maximum Gasteiger partial charge on any atom is 0.573 e. The maximum atomic E-state index is 12.2. The van der Waals surface area contributed by atoms with Crippen LogP contribution in [-0.4, -0.2) is 24.6 Å². The summed E-state index contributed by atoms with van der Waals surface area (Å²) in [5, 5.41) is 5.76. The van der Waals surface area contributed by atoms with E-state index in [1.165, 1.54) is 31.4 Å². The lowest BCUT2D eigenvalue weighted by atomic mass is 10.2.